The summed E-state index contributed by atoms with van der Waals surface area (Å²) in [4.78, 5) is 26.2. The molecule has 0 bridgehead atoms. The first-order valence-electron chi connectivity index (χ1n) is 14.1. The molecule has 220 valence electrons. The second-order valence-corrected chi connectivity index (χ2v) is 12.1. The molecule has 2 atom stereocenters. The van der Waals surface area contributed by atoms with Crippen molar-refractivity contribution in [2.24, 2.45) is 7.05 Å². The Labute approximate surface area is 239 Å². The summed E-state index contributed by atoms with van der Waals surface area (Å²) in [6.07, 6.45) is 6.81. The van der Waals surface area contributed by atoms with E-state index >= 15 is 4.39 Å². The summed E-state index contributed by atoms with van der Waals surface area (Å²) in [5.74, 6) is -0.700. The monoisotopic (exact) mass is 566 g/mol. The molecule has 1 fully saturated rings. The van der Waals surface area contributed by atoms with Crippen molar-refractivity contribution in [2.75, 3.05) is 18.1 Å². The number of aliphatic hydroxyl groups is 1. The van der Waals surface area contributed by atoms with Crippen LogP contribution in [0, 0.1) is 5.82 Å². The molecule has 11 nitrogen and oxygen atoms in total. The van der Waals surface area contributed by atoms with Gasteiger partial charge in [-0.25, -0.2) is 29.2 Å². The van der Waals surface area contributed by atoms with E-state index in [1.54, 1.807) is 50.4 Å². The van der Waals surface area contributed by atoms with Crippen molar-refractivity contribution in [3.63, 3.8) is 0 Å². The lowest BCUT2D eigenvalue weighted by Crippen LogP contribution is -2.52. The number of anilines is 2. The van der Waals surface area contributed by atoms with Gasteiger partial charge in [0.15, 0.2) is 11.4 Å². The molecule has 2 aliphatic rings. The summed E-state index contributed by atoms with van der Waals surface area (Å²) in [5.41, 5.74) is 1.49. The minimum absolute atomic E-state index is 0.00617. The van der Waals surface area contributed by atoms with Crippen molar-refractivity contribution in [2.45, 2.75) is 83.6 Å². The van der Waals surface area contributed by atoms with Gasteiger partial charge in [-0.3, -0.25) is 9.67 Å². The van der Waals surface area contributed by atoms with Gasteiger partial charge in [-0.2, -0.15) is 5.10 Å². The number of nitrogens with zero attached hydrogens (tertiary/aromatic N) is 7. The van der Waals surface area contributed by atoms with Crippen LogP contribution in [-0.4, -0.2) is 65.1 Å². The van der Waals surface area contributed by atoms with E-state index in [0.717, 1.165) is 23.1 Å². The first-order chi connectivity index (χ1) is 19.4. The Balaban J connectivity index is 1.56. The van der Waals surface area contributed by atoms with Gasteiger partial charge in [0.25, 0.3) is 0 Å². The highest BCUT2D eigenvalue weighted by Gasteiger charge is 2.45. The Morgan fingerprint density at radius 2 is 2.00 bits per heavy atom. The number of rotatable bonds is 6. The highest BCUT2D eigenvalue weighted by atomic mass is 19.1. The van der Waals surface area contributed by atoms with Crippen LogP contribution in [0.4, 0.5) is 16.0 Å². The summed E-state index contributed by atoms with van der Waals surface area (Å²) in [6.45, 7) is 10.9. The molecule has 0 spiro atoms. The zero-order valence-electron chi connectivity index (χ0n) is 24.6. The maximum atomic E-state index is 16.0. The maximum Gasteiger partial charge on any atom is 0.338 e. The lowest BCUT2D eigenvalue weighted by molar-refractivity contribution is -0.181. The van der Waals surface area contributed by atoms with Gasteiger partial charge in [0.2, 0.25) is 5.95 Å². The third-order valence-electron chi connectivity index (χ3n) is 7.53. The average Bonchev–Trinajstić information content (AvgIpc) is 3.24. The molecule has 5 heterocycles. The van der Waals surface area contributed by atoms with Crippen LogP contribution in [0.1, 0.15) is 81.9 Å². The first kappa shape index (κ1) is 29.0. The van der Waals surface area contributed by atoms with E-state index in [1.807, 2.05) is 16.7 Å². The summed E-state index contributed by atoms with van der Waals surface area (Å²) < 4.78 is 23.5. The molecule has 0 saturated carbocycles. The molecule has 41 heavy (non-hydrogen) atoms. The smallest absolute Gasteiger partial charge is 0.338 e. The summed E-state index contributed by atoms with van der Waals surface area (Å²) in [7, 11) is 1.96. The van der Waals surface area contributed by atoms with E-state index < -0.39 is 29.0 Å². The van der Waals surface area contributed by atoms with Gasteiger partial charge in [0.05, 0.1) is 11.9 Å². The molecule has 5 rings (SSSR count). The number of nitrogens with one attached hydrogen (secondary N) is 1. The van der Waals surface area contributed by atoms with Crippen LogP contribution >= 0.6 is 0 Å². The van der Waals surface area contributed by atoms with E-state index in [-0.39, 0.29) is 24.4 Å². The van der Waals surface area contributed by atoms with Crippen LogP contribution in [0.15, 0.2) is 30.9 Å². The van der Waals surface area contributed by atoms with Gasteiger partial charge in [-0.1, -0.05) is 13.8 Å². The van der Waals surface area contributed by atoms with Crippen molar-refractivity contribution in [1.82, 2.24) is 35.1 Å². The van der Waals surface area contributed by atoms with E-state index in [0.29, 0.717) is 37.6 Å². The second-order valence-electron chi connectivity index (χ2n) is 12.1. The number of hydrogen-bond acceptors (Lipinski definition) is 10. The predicted molar refractivity (Wildman–Crippen MR) is 151 cm³/mol. The second kappa shape index (κ2) is 11.1. The first-order valence-corrected chi connectivity index (χ1v) is 14.1. The fourth-order valence-electron chi connectivity index (χ4n) is 5.83. The lowest BCUT2D eigenvalue weighted by atomic mass is 9.84. The zero-order chi connectivity index (χ0) is 29.5. The Hall–Kier alpha value is -3.48. The molecule has 0 amide bonds. The molecule has 3 aromatic heterocycles. The molecule has 2 N–H and O–H groups in total. The van der Waals surface area contributed by atoms with Crippen molar-refractivity contribution < 1.29 is 19.0 Å². The topological polar surface area (TPSA) is 122 Å². The third kappa shape index (κ3) is 5.81. The molecule has 1 saturated heterocycles. The van der Waals surface area contributed by atoms with Crippen LogP contribution in [-0.2, 0) is 29.5 Å². The molecular weight excluding hydrogens is 527 g/mol. The highest BCUT2D eigenvalue weighted by Crippen LogP contribution is 2.41. The van der Waals surface area contributed by atoms with Crippen LogP contribution < -0.4 is 10.3 Å². The van der Waals surface area contributed by atoms with Crippen molar-refractivity contribution in [3.8, 4) is 0 Å². The molecule has 0 aromatic carbocycles. The number of carbonyl (C=O) groups excluding carboxylic acids is 1. The molecule has 12 heteroatoms. The van der Waals surface area contributed by atoms with Gasteiger partial charge >= 0.3 is 5.97 Å². The van der Waals surface area contributed by atoms with Gasteiger partial charge in [-0.15, -0.1) is 0 Å². The number of ether oxygens (including phenoxy) is 1. The van der Waals surface area contributed by atoms with Crippen molar-refractivity contribution in [3.05, 3.63) is 59.2 Å². The number of carbonyl (C=O) groups is 1. The van der Waals surface area contributed by atoms with E-state index in [2.05, 4.69) is 34.1 Å². The number of aryl methyl sites for hydroxylation is 1. The van der Waals surface area contributed by atoms with Crippen LogP contribution in [0.3, 0.4) is 0 Å². The Morgan fingerprint density at radius 3 is 2.68 bits per heavy atom. The van der Waals surface area contributed by atoms with E-state index in [4.69, 9.17) is 9.84 Å². The molecule has 2 unspecified atom stereocenters. The SMILES string of the molecule is CC(C)c1c2c(nn1C)CCN(N(c1ncccn1)c1c(F)cncc1C1CC(O)(C(=O)OC(C)(C)C)CCN1)C2. The number of fused-ring (bicyclic) bond motifs is 1. The van der Waals surface area contributed by atoms with Gasteiger partial charge in [-0.05, 0) is 45.7 Å². The number of hydrazine groups is 1. The minimum Gasteiger partial charge on any atom is -0.458 e. The molecule has 3 aromatic rings. The third-order valence-corrected chi connectivity index (χ3v) is 7.53. The normalized spacial score (nSPS) is 21.5. The number of aromatic nitrogens is 5. The quantitative estimate of drug-likeness (QED) is 0.429. The molecule has 2 aliphatic heterocycles. The predicted octanol–water partition coefficient (Wildman–Crippen LogP) is 3.48. The largest absolute Gasteiger partial charge is 0.458 e. The fourth-order valence-corrected chi connectivity index (χ4v) is 5.83. The average molecular weight is 567 g/mol. The molecule has 0 radical (unpaired) electrons. The Bertz CT molecular complexity index is 1410. The number of pyridine rings is 1. The van der Waals surface area contributed by atoms with E-state index in [1.165, 1.54) is 0 Å². The number of piperidine rings is 1. The Kier molecular flexibility index (Phi) is 7.84. The van der Waals surface area contributed by atoms with Crippen LogP contribution in [0.2, 0.25) is 0 Å². The summed E-state index contributed by atoms with van der Waals surface area (Å²) in [5, 5.41) is 23.2. The standard InChI is InChI=1S/C29H39FN8O3/c1-18(2)24-20-17-37(13-8-22(20)35-36(24)6)38(27-33-10-7-11-34-27)25-19(15-31-16-21(25)30)23-14-29(40,9-12-32-23)26(39)41-28(3,4)5/h7,10-11,15-16,18,23,32,40H,8-9,12-14,17H2,1-6H3. The summed E-state index contributed by atoms with van der Waals surface area (Å²) in [6, 6.07) is 1.12. The summed E-state index contributed by atoms with van der Waals surface area (Å²) >= 11 is 0. The van der Waals surface area contributed by atoms with Crippen LogP contribution in [0.25, 0.3) is 0 Å². The number of hydrogen-bond donors (Lipinski definition) is 2. The molecular formula is C29H39FN8O3. The van der Waals surface area contributed by atoms with Gasteiger partial charge in [0, 0.05) is 74.4 Å². The number of esters is 1. The number of halogens is 1. The van der Waals surface area contributed by atoms with Gasteiger partial charge < -0.3 is 15.2 Å². The molecule has 0 aliphatic carbocycles. The van der Waals surface area contributed by atoms with Crippen molar-refractivity contribution in [1.29, 1.82) is 0 Å². The lowest BCUT2D eigenvalue weighted by Gasteiger charge is -2.41. The van der Waals surface area contributed by atoms with Crippen LogP contribution in [0.5, 0.6) is 0 Å². The fraction of sp³-hybridized carbons (Fsp3) is 0.552. The minimum atomic E-state index is -1.73. The maximum absolute atomic E-state index is 16.0. The van der Waals surface area contributed by atoms with E-state index in [9.17, 15) is 9.90 Å². The Morgan fingerprint density at radius 1 is 1.27 bits per heavy atom. The van der Waals surface area contributed by atoms with Crippen molar-refractivity contribution >= 4 is 17.6 Å². The van der Waals surface area contributed by atoms with Gasteiger partial charge in [0.1, 0.15) is 11.3 Å². The highest BCUT2D eigenvalue weighted by molar-refractivity contribution is 5.80. The zero-order valence-corrected chi connectivity index (χ0v) is 24.6.